The first kappa shape index (κ1) is 12.9. The molecule has 1 aromatic heterocycles. The smallest absolute Gasteiger partial charge is 0.410 e. The molecule has 1 saturated carbocycles. The van der Waals surface area contributed by atoms with Crippen molar-refractivity contribution in [1.29, 1.82) is 0 Å². The summed E-state index contributed by atoms with van der Waals surface area (Å²) in [5, 5.41) is 0. The van der Waals surface area contributed by atoms with Crippen LogP contribution in [0, 0.1) is 0 Å². The lowest BCUT2D eigenvalue weighted by atomic mass is 9.83. The normalized spacial score (nSPS) is 26.1. The molecule has 3 fully saturated rings. The molecule has 0 radical (unpaired) electrons. The monoisotopic (exact) mass is 288 g/mol. The van der Waals surface area contributed by atoms with Crippen LogP contribution in [0.25, 0.3) is 0 Å². The lowest BCUT2D eigenvalue weighted by molar-refractivity contribution is 0.150. The van der Waals surface area contributed by atoms with Gasteiger partial charge < -0.3 is 9.64 Å². The molecule has 2 aliphatic heterocycles. The van der Waals surface area contributed by atoms with Crippen molar-refractivity contribution >= 4 is 11.9 Å². The highest BCUT2D eigenvalue weighted by atomic mass is 16.6. The van der Waals surface area contributed by atoms with Gasteiger partial charge in [0, 0.05) is 30.8 Å². The van der Waals surface area contributed by atoms with Crippen LogP contribution in [0.3, 0.4) is 0 Å². The summed E-state index contributed by atoms with van der Waals surface area (Å²) in [6.07, 6.45) is 6.31. The average molecular weight is 288 g/mol. The topological polar surface area (TPSA) is 58.6 Å². The first-order chi connectivity index (χ1) is 10.3. The molecule has 6 heteroatoms. The van der Waals surface area contributed by atoms with Crippen LogP contribution in [-0.2, 0) is 4.74 Å². The minimum atomic E-state index is -0.167. The third-order valence-electron chi connectivity index (χ3n) is 4.92. The molecule has 2 saturated heterocycles. The van der Waals surface area contributed by atoms with E-state index in [2.05, 4.69) is 20.9 Å². The van der Waals surface area contributed by atoms with E-state index in [1.807, 2.05) is 4.90 Å². The molecule has 1 aromatic rings. The molecule has 21 heavy (non-hydrogen) atoms. The molecule has 1 aliphatic carbocycles. The molecule has 0 spiro atoms. The molecular formula is C15H20N4O2. The Balaban J connectivity index is 1.46. The van der Waals surface area contributed by atoms with Crippen LogP contribution in [0.4, 0.5) is 10.6 Å². The first-order valence-electron chi connectivity index (χ1n) is 7.81. The van der Waals surface area contributed by atoms with Crippen LogP contribution in [-0.4, -0.2) is 53.2 Å². The van der Waals surface area contributed by atoms with Gasteiger partial charge in [-0.05, 0) is 19.3 Å². The molecule has 4 rings (SSSR count). The van der Waals surface area contributed by atoms with Crippen LogP contribution < -0.4 is 4.90 Å². The van der Waals surface area contributed by atoms with Gasteiger partial charge in [0.2, 0.25) is 0 Å². The van der Waals surface area contributed by atoms with Gasteiger partial charge in [-0.25, -0.2) is 14.8 Å². The second kappa shape index (κ2) is 5.16. The second-order valence-corrected chi connectivity index (χ2v) is 6.13. The van der Waals surface area contributed by atoms with Gasteiger partial charge in [0.1, 0.15) is 18.8 Å². The van der Waals surface area contributed by atoms with Crippen LogP contribution >= 0.6 is 0 Å². The number of rotatable bonds is 3. The molecule has 1 unspecified atom stereocenters. The van der Waals surface area contributed by atoms with E-state index in [1.54, 1.807) is 6.33 Å². The maximum atomic E-state index is 11.7. The third-order valence-corrected chi connectivity index (χ3v) is 4.92. The Kier molecular flexibility index (Phi) is 3.16. The zero-order chi connectivity index (χ0) is 14.2. The van der Waals surface area contributed by atoms with Crippen LogP contribution in [0.5, 0.6) is 0 Å². The van der Waals surface area contributed by atoms with E-state index >= 15 is 0 Å². The van der Waals surface area contributed by atoms with Gasteiger partial charge in [0.15, 0.2) is 0 Å². The number of cyclic esters (lactones) is 1. The van der Waals surface area contributed by atoms with E-state index in [0.29, 0.717) is 19.1 Å². The van der Waals surface area contributed by atoms with E-state index < -0.39 is 0 Å². The Labute approximate surface area is 124 Å². The fraction of sp³-hybridized carbons (Fsp3) is 0.667. The summed E-state index contributed by atoms with van der Waals surface area (Å²) < 4.78 is 5.03. The predicted molar refractivity (Wildman–Crippen MR) is 77.3 cm³/mol. The van der Waals surface area contributed by atoms with Gasteiger partial charge >= 0.3 is 6.09 Å². The Bertz CT molecular complexity index is 546. The van der Waals surface area contributed by atoms with Crippen molar-refractivity contribution in [2.45, 2.75) is 37.6 Å². The lowest BCUT2D eigenvalue weighted by Gasteiger charge is -2.26. The summed E-state index contributed by atoms with van der Waals surface area (Å²) >= 11 is 0. The molecule has 0 bridgehead atoms. The molecule has 0 N–H and O–H groups in total. The van der Waals surface area contributed by atoms with Gasteiger partial charge in [-0.1, -0.05) is 6.42 Å². The number of hydrogen-bond acceptors (Lipinski definition) is 5. The van der Waals surface area contributed by atoms with E-state index in [1.165, 1.54) is 25.0 Å². The standard InChI is InChI=1S/C15H20N4O2/c20-15-19(6-7-21-15)12-4-5-18(9-12)14-8-13(16-10-17-14)11-2-1-3-11/h8,10-12H,1-7,9H2. The van der Waals surface area contributed by atoms with E-state index in [0.717, 1.165) is 25.3 Å². The molecule has 3 heterocycles. The quantitative estimate of drug-likeness (QED) is 0.848. The van der Waals surface area contributed by atoms with Gasteiger partial charge in [0.05, 0.1) is 12.6 Å². The number of hydrogen-bond donors (Lipinski definition) is 0. The molecule has 0 aromatic carbocycles. The van der Waals surface area contributed by atoms with Crippen molar-refractivity contribution in [2.24, 2.45) is 0 Å². The van der Waals surface area contributed by atoms with Gasteiger partial charge in [-0.2, -0.15) is 0 Å². The largest absolute Gasteiger partial charge is 0.448 e. The zero-order valence-electron chi connectivity index (χ0n) is 12.1. The van der Waals surface area contributed by atoms with Crippen molar-refractivity contribution < 1.29 is 9.53 Å². The number of ether oxygens (including phenoxy) is 1. The van der Waals surface area contributed by atoms with Crippen LogP contribution in [0.1, 0.15) is 37.3 Å². The highest BCUT2D eigenvalue weighted by molar-refractivity contribution is 5.70. The Morgan fingerprint density at radius 2 is 2.10 bits per heavy atom. The van der Waals surface area contributed by atoms with Gasteiger partial charge in [-0.15, -0.1) is 0 Å². The molecular weight excluding hydrogens is 268 g/mol. The minimum absolute atomic E-state index is 0.167. The number of nitrogens with zero attached hydrogens (tertiary/aromatic N) is 4. The third kappa shape index (κ3) is 2.32. The number of amides is 1. The first-order valence-corrected chi connectivity index (χ1v) is 7.81. The summed E-state index contributed by atoms with van der Waals surface area (Å²) in [4.78, 5) is 24.6. The fourth-order valence-corrected chi connectivity index (χ4v) is 3.40. The molecule has 1 amide bonds. The summed E-state index contributed by atoms with van der Waals surface area (Å²) in [6.45, 7) is 3.02. The molecule has 6 nitrogen and oxygen atoms in total. The molecule has 112 valence electrons. The zero-order valence-corrected chi connectivity index (χ0v) is 12.1. The van der Waals surface area contributed by atoms with Crippen molar-refractivity contribution in [2.75, 3.05) is 31.1 Å². The number of anilines is 1. The fourth-order valence-electron chi connectivity index (χ4n) is 3.40. The lowest BCUT2D eigenvalue weighted by Crippen LogP contribution is -2.38. The Morgan fingerprint density at radius 3 is 2.81 bits per heavy atom. The molecule has 3 aliphatic rings. The van der Waals surface area contributed by atoms with E-state index in [4.69, 9.17) is 4.74 Å². The number of carbonyl (C=O) groups is 1. The number of aromatic nitrogens is 2. The summed E-state index contributed by atoms with van der Waals surface area (Å²) in [5.74, 6) is 1.63. The molecule has 1 atom stereocenters. The highest BCUT2D eigenvalue weighted by Crippen LogP contribution is 2.36. The van der Waals surface area contributed by atoms with Crippen molar-refractivity contribution in [1.82, 2.24) is 14.9 Å². The van der Waals surface area contributed by atoms with Gasteiger partial charge in [-0.3, -0.25) is 4.90 Å². The van der Waals surface area contributed by atoms with Crippen LogP contribution in [0.15, 0.2) is 12.4 Å². The number of carbonyl (C=O) groups excluding carboxylic acids is 1. The second-order valence-electron chi connectivity index (χ2n) is 6.13. The predicted octanol–water partition coefficient (Wildman–Crippen LogP) is 1.77. The van der Waals surface area contributed by atoms with Gasteiger partial charge in [0.25, 0.3) is 0 Å². The highest BCUT2D eigenvalue weighted by Gasteiger charge is 2.35. The summed E-state index contributed by atoms with van der Waals surface area (Å²) in [5.41, 5.74) is 1.18. The average Bonchev–Trinajstić information content (AvgIpc) is 3.05. The Morgan fingerprint density at radius 1 is 1.19 bits per heavy atom. The summed E-state index contributed by atoms with van der Waals surface area (Å²) in [6, 6.07) is 2.39. The van der Waals surface area contributed by atoms with E-state index in [-0.39, 0.29) is 12.1 Å². The van der Waals surface area contributed by atoms with Crippen molar-refractivity contribution in [3.05, 3.63) is 18.1 Å². The Hall–Kier alpha value is -1.85. The van der Waals surface area contributed by atoms with Crippen molar-refractivity contribution in [3.63, 3.8) is 0 Å². The SMILES string of the molecule is O=C1OCCN1C1CCN(c2cc(C3CCC3)ncn2)C1. The summed E-state index contributed by atoms with van der Waals surface area (Å²) in [7, 11) is 0. The maximum Gasteiger partial charge on any atom is 0.410 e. The van der Waals surface area contributed by atoms with Crippen LogP contribution in [0.2, 0.25) is 0 Å². The van der Waals surface area contributed by atoms with E-state index in [9.17, 15) is 4.79 Å². The van der Waals surface area contributed by atoms with Crippen molar-refractivity contribution in [3.8, 4) is 0 Å². The maximum absolute atomic E-state index is 11.7. The minimum Gasteiger partial charge on any atom is -0.448 e.